The lowest BCUT2D eigenvalue weighted by molar-refractivity contribution is -0.128. The molecule has 0 bridgehead atoms. The number of rotatable bonds is 4. The van der Waals surface area contributed by atoms with Gasteiger partial charge in [-0.1, -0.05) is 0 Å². The van der Waals surface area contributed by atoms with Crippen molar-refractivity contribution in [1.82, 2.24) is 5.32 Å². The molecule has 1 unspecified atom stereocenters. The predicted molar refractivity (Wildman–Crippen MR) is 76.6 cm³/mol. The third kappa shape index (κ3) is 2.53. The average molecular weight is 289 g/mol. The van der Waals surface area contributed by atoms with Crippen molar-refractivity contribution in [3.8, 4) is 5.75 Å². The van der Waals surface area contributed by atoms with E-state index < -0.39 is 6.10 Å². The number of benzene rings is 1. The predicted octanol–water partition coefficient (Wildman–Crippen LogP) is 1.18. The van der Waals surface area contributed by atoms with Gasteiger partial charge < -0.3 is 15.2 Å². The van der Waals surface area contributed by atoms with Gasteiger partial charge in [0.25, 0.3) is 0 Å². The molecule has 2 atom stereocenters. The number of aliphatic hydroxyl groups excluding tert-OH is 1. The Bertz CT molecular complexity index is 594. The maximum absolute atomic E-state index is 12.1. The van der Waals surface area contributed by atoms with Crippen molar-refractivity contribution in [2.75, 3.05) is 13.2 Å². The molecule has 1 aromatic carbocycles. The number of carbonyl (C=O) groups is 2. The van der Waals surface area contributed by atoms with Crippen LogP contribution in [-0.2, 0) is 11.2 Å². The van der Waals surface area contributed by atoms with Crippen molar-refractivity contribution in [2.24, 2.45) is 0 Å². The summed E-state index contributed by atoms with van der Waals surface area (Å²) in [6.07, 6.45) is 1.05. The van der Waals surface area contributed by atoms with Gasteiger partial charge in [-0.05, 0) is 37.0 Å². The molecule has 5 heteroatoms. The third-order valence-corrected chi connectivity index (χ3v) is 4.24. The molecule has 3 rings (SSSR count). The highest BCUT2D eigenvalue weighted by molar-refractivity contribution is 6.02. The van der Waals surface area contributed by atoms with Crippen LogP contribution in [0.3, 0.4) is 0 Å². The number of hydrogen-bond acceptors (Lipinski definition) is 4. The van der Waals surface area contributed by atoms with E-state index in [0.29, 0.717) is 26.0 Å². The Morgan fingerprint density at radius 2 is 2.33 bits per heavy atom. The minimum absolute atomic E-state index is 0.137. The first-order chi connectivity index (χ1) is 10.1. The molecule has 0 saturated heterocycles. The van der Waals surface area contributed by atoms with Crippen molar-refractivity contribution in [3.05, 3.63) is 28.8 Å². The summed E-state index contributed by atoms with van der Waals surface area (Å²) in [5, 5.41) is 11.8. The number of hydrogen-bond donors (Lipinski definition) is 2. The highest BCUT2D eigenvalue weighted by Gasteiger charge is 2.34. The molecule has 0 fully saturated rings. The van der Waals surface area contributed by atoms with Crippen LogP contribution >= 0.6 is 0 Å². The van der Waals surface area contributed by atoms with Crippen LogP contribution in [0.2, 0.25) is 0 Å². The van der Waals surface area contributed by atoms with Gasteiger partial charge in [0.1, 0.15) is 11.9 Å². The Morgan fingerprint density at radius 1 is 1.52 bits per heavy atom. The molecule has 0 radical (unpaired) electrons. The Balaban J connectivity index is 1.74. The van der Waals surface area contributed by atoms with Crippen LogP contribution in [-0.4, -0.2) is 36.1 Å². The summed E-state index contributed by atoms with van der Waals surface area (Å²) in [6.45, 7) is 2.57. The number of amides is 1. The third-order valence-electron chi connectivity index (χ3n) is 4.24. The fourth-order valence-electron chi connectivity index (χ4n) is 3.21. The van der Waals surface area contributed by atoms with Crippen LogP contribution in [0.15, 0.2) is 12.1 Å². The summed E-state index contributed by atoms with van der Waals surface area (Å²) < 4.78 is 5.57. The lowest BCUT2D eigenvalue weighted by Crippen LogP contribution is -2.33. The molecular weight excluding hydrogens is 270 g/mol. The molecule has 1 aliphatic heterocycles. The van der Waals surface area contributed by atoms with Gasteiger partial charge in [0.15, 0.2) is 5.78 Å². The molecule has 1 aliphatic carbocycles. The Kier molecular flexibility index (Phi) is 3.68. The second-order valence-corrected chi connectivity index (χ2v) is 5.68. The van der Waals surface area contributed by atoms with E-state index in [2.05, 4.69) is 5.32 Å². The first kappa shape index (κ1) is 14.1. The molecular formula is C16H19NO4. The van der Waals surface area contributed by atoms with E-state index in [9.17, 15) is 9.59 Å². The van der Waals surface area contributed by atoms with Gasteiger partial charge in [-0.15, -0.1) is 0 Å². The van der Waals surface area contributed by atoms with Crippen LogP contribution in [0.5, 0.6) is 5.75 Å². The van der Waals surface area contributed by atoms with Crippen LogP contribution in [0.4, 0.5) is 0 Å². The minimum atomic E-state index is -1.000. The first-order valence-electron chi connectivity index (χ1n) is 7.35. The summed E-state index contributed by atoms with van der Waals surface area (Å²) in [4.78, 5) is 23.5. The average Bonchev–Trinajstić information content (AvgIpc) is 3.03. The van der Waals surface area contributed by atoms with Crippen molar-refractivity contribution < 1.29 is 19.4 Å². The van der Waals surface area contributed by atoms with Gasteiger partial charge >= 0.3 is 0 Å². The van der Waals surface area contributed by atoms with E-state index in [1.54, 1.807) is 0 Å². The van der Waals surface area contributed by atoms with Crippen molar-refractivity contribution >= 4 is 11.7 Å². The van der Waals surface area contributed by atoms with E-state index in [1.165, 1.54) is 6.92 Å². The quantitative estimate of drug-likeness (QED) is 0.872. The van der Waals surface area contributed by atoms with Gasteiger partial charge in [-0.2, -0.15) is 0 Å². The van der Waals surface area contributed by atoms with Gasteiger partial charge in [0, 0.05) is 30.5 Å². The highest BCUT2D eigenvalue weighted by Crippen LogP contribution is 2.42. The number of fused-ring (bicyclic) bond motifs is 3. The minimum Gasteiger partial charge on any atom is -0.493 e. The van der Waals surface area contributed by atoms with Gasteiger partial charge in [-0.3, -0.25) is 9.59 Å². The van der Waals surface area contributed by atoms with Gasteiger partial charge in [0.05, 0.1) is 6.61 Å². The SMILES string of the molecule is CC(O)C(=O)NCC[C@@H]1CC(=O)c2ccc3c(c21)CCO3. The number of Topliss-reactive ketones (excluding diaryl/α,β-unsaturated/α-hetero) is 1. The summed E-state index contributed by atoms with van der Waals surface area (Å²) >= 11 is 0. The lowest BCUT2D eigenvalue weighted by atomic mass is 9.92. The van der Waals surface area contributed by atoms with Gasteiger partial charge in [0.2, 0.25) is 5.91 Å². The smallest absolute Gasteiger partial charge is 0.248 e. The number of aliphatic hydroxyl groups is 1. The molecule has 1 heterocycles. The summed E-state index contributed by atoms with van der Waals surface area (Å²) in [7, 11) is 0. The molecule has 0 aromatic heterocycles. The highest BCUT2D eigenvalue weighted by atomic mass is 16.5. The topological polar surface area (TPSA) is 75.6 Å². The largest absolute Gasteiger partial charge is 0.493 e. The summed E-state index contributed by atoms with van der Waals surface area (Å²) in [5.41, 5.74) is 3.08. The standard InChI is InChI=1S/C16H19NO4/c1-9(18)16(20)17-6-4-10-8-13(19)11-2-3-14-12(15(10)11)5-7-21-14/h2-3,9-10,18H,4-8H2,1H3,(H,17,20)/t9?,10-/m1/s1. The van der Waals surface area contributed by atoms with Crippen LogP contribution in [0.1, 0.15) is 47.2 Å². The molecule has 1 amide bonds. The lowest BCUT2D eigenvalue weighted by Gasteiger charge is -2.15. The second-order valence-electron chi connectivity index (χ2n) is 5.68. The van der Waals surface area contributed by atoms with E-state index in [1.807, 2.05) is 12.1 Å². The number of ketones is 1. The van der Waals surface area contributed by atoms with Crippen molar-refractivity contribution in [3.63, 3.8) is 0 Å². The molecule has 1 aromatic rings. The zero-order chi connectivity index (χ0) is 15.0. The molecule has 2 aliphatic rings. The summed E-state index contributed by atoms with van der Waals surface area (Å²) in [5.74, 6) is 0.827. The van der Waals surface area contributed by atoms with Crippen molar-refractivity contribution in [2.45, 2.75) is 38.2 Å². The van der Waals surface area contributed by atoms with Crippen LogP contribution in [0.25, 0.3) is 0 Å². The Labute approximate surface area is 123 Å². The normalized spacial score (nSPS) is 20.7. The molecule has 0 spiro atoms. The zero-order valence-corrected chi connectivity index (χ0v) is 12.0. The number of nitrogens with one attached hydrogen (secondary N) is 1. The van der Waals surface area contributed by atoms with Crippen LogP contribution in [0, 0.1) is 0 Å². The van der Waals surface area contributed by atoms with E-state index in [4.69, 9.17) is 9.84 Å². The maximum atomic E-state index is 12.1. The molecule has 0 saturated carbocycles. The molecule has 2 N–H and O–H groups in total. The van der Waals surface area contributed by atoms with Crippen LogP contribution < -0.4 is 10.1 Å². The first-order valence-corrected chi connectivity index (χ1v) is 7.35. The fourth-order valence-corrected chi connectivity index (χ4v) is 3.21. The Morgan fingerprint density at radius 3 is 3.10 bits per heavy atom. The number of carbonyl (C=O) groups excluding carboxylic acids is 2. The summed E-state index contributed by atoms with van der Waals surface area (Å²) in [6, 6.07) is 3.74. The second kappa shape index (κ2) is 5.48. The molecule has 112 valence electrons. The molecule has 21 heavy (non-hydrogen) atoms. The fraction of sp³-hybridized carbons (Fsp3) is 0.500. The number of ether oxygens (including phenoxy) is 1. The Hall–Kier alpha value is -1.88. The maximum Gasteiger partial charge on any atom is 0.248 e. The van der Waals surface area contributed by atoms with E-state index in [-0.39, 0.29) is 17.6 Å². The van der Waals surface area contributed by atoms with E-state index in [0.717, 1.165) is 28.9 Å². The monoisotopic (exact) mass is 289 g/mol. The van der Waals surface area contributed by atoms with Crippen molar-refractivity contribution in [1.29, 1.82) is 0 Å². The molecule has 5 nitrogen and oxygen atoms in total. The zero-order valence-electron chi connectivity index (χ0n) is 12.0. The van der Waals surface area contributed by atoms with E-state index >= 15 is 0 Å². The van der Waals surface area contributed by atoms with Gasteiger partial charge in [-0.25, -0.2) is 0 Å².